The van der Waals surface area contributed by atoms with Gasteiger partial charge in [0.1, 0.15) is 5.82 Å². The molecule has 2 N–H and O–H groups in total. The molecule has 2 heterocycles. The number of anilines is 1. The van der Waals surface area contributed by atoms with Crippen LogP contribution in [0.4, 0.5) is 5.82 Å². The highest BCUT2D eigenvalue weighted by Crippen LogP contribution is 2.24. The molecule has 1 aliphatic heterocycles. The van der Waals surface area contributed by atoms with Crippen LogP contribution < -0.4 is 10.6 Å². The Hall–Kier alpha value is -1.32. The van der Waals surface area contributed by atoms with Crippen LogP contribution in [0.15, 0.2) is 30.5 Å². The Bertz CT molecular complexity index is 550. The Morgan fingerprint density at radius 3 is 3.17 bits per heavy atom. The van der Waals surface area contributed by atoms with E-state index in [4.69, 9.17) is 11.6 Å². The molecular formula is C14H16ClN3. The number of rotatable bonds is 3. The van der Waals surface area contributed by atoms with Gasteiger partial charge >= 0.3 is 0 Å². The summed E-state index contributed by atoms with van der Waals surface area (Å²) in [6.45, 7) is 3.20. The summed E-state index contributed by atoms with van der Waals surface area (Å²) in [4.78, 5) is 4.42. The Kier molecular flexibility index (Phi) is 3.35. The standard InChI is InChI=1S/C14H16ClN3/c15-12-1-2-13-11(7-12)4-6-17-14(13)18-9-10-3-5-16-8-10/h1-2,4,6-7,10,16H,3,5,8-9H2,(H,17,18). The molecule has 4 heteroatoms. The van der Waals surface area contributed by atoms with E-state index in [1.165, 1.54) is 6.42 Å². The number of nitrogens with zero attached hydrogens (tertiary/aromatic N) is 1. The zero-order valence-electron chi connectivity index (χ0n) is 10.1. The number of fused-ring (bicyclic) bond motifs is 1. The van der Waals surface area contributed by atoms with Crippen molar-refractivity contribution in [2.24, 2.45) is 5.92 Å². The first-order chi connectivity index (χ1) is 8.83. The molecule has 1 unspecified atom stereocenters. The molecular weight excluding hydrogens is 246 g/mol. The number of pyridine rings is 1. The summed E-state index contributed by atoms with van der Waals surface area (Å²) in [6.07, 6.45) is 3.07. The van der Waals surface area contributed by atoms with Crippen molar-refractivity contribution in [2.75, 3.05) is 25.0 Å². The van der Waals surface area contributed by atoms with Gasteiger partial charge in [-0.2, -0.15) is 0 Å². The number of halogens is 1. The third kappa shape index (κ3) is 2.42. The molecule has 3 nitrogen and oxygen atoms in total. The lowest BCUT2D eigenvalue weighted by molar-refractivity contribution is 0.614. The van der Waals surface area contributed by atoms with E-state index in [0.717, 1.165) is 41.2 Å². The summed E-state index contributed by atoms with van der Waals surface area (Å²) in [5.41, 5.74) is 0. The van der Waals surface area contributed by atoms with Gasteiger partial charge in [0.25, 0.3) is 0 Å². The molecule has 2 aromatic rings. The molecule has 0 spiro atoms. The smallest absolute Gasteiger partial charge is 0.133 e. The summed E-state index contributed by atoms with van der Waals surface area (Å²) in [5, 5.41) is 9.86. The van der Waals surface area contributed by atoms with Crippen LogP contribution in [-0.2, 0) is 0 Å². The third-order valence-corrected chi connectivity index (χ3v) is 3.68. The van der Waals surface area contributed by atoms with Crippen LogP contribution in [0.25, 0.3) is 10.8 Å². The van der Waals surface area contributed by atoms with Crippen molar-refractivity contribution in [3.05, 3.63) is 35.5 Å². The Morgan fingerprint density at radius 2 is 2.33 bits per heavy atom. The topological polar surface area (TPSA) is 37.0 Å². The second-order valence-electron chi connectivity index (χ2n) is 4.76. The summed E-state index contributed by atoms with van der Waals surface area (Å²) >= 11 is 6.00. The van der Waals surface area contributed by atoms with Gasteiger partial charge in [-0.3, -0.25) is 0 Å². The average Bonchev–Trinajstić information content (AvgIpc) is 2.89. The number of nitrogens with one attached hydrogen (secondary N) is 2. The Balaban J connectivity index is 1.82. The summed E-state index contributed by atoms with van der Waals surface area (Å²) < 4.78 is 0. The van der Waals surface area contributed by atoms with Gasteiger partial charge in [-0.25, -0.2) is 4.98 Å². The van der Waals surface area contributed by atoms with Gasteiger partial charge in [-0.05, 0) is 55.1 Å². The Morgan fingerprint density at radius 1 is 1.39 bits per heavy atom. The molecule has 1 fully saturated rings. The van der Waals surface area contributed by atoms with Crippen molar-refractivity contribution in [1.29, 1.82) is 0 Å². The molecule has 0 aliphatic carbocycles. The zero-order valence-corrected chi connectivity index (χ0v) is 10.9. The monoisotopic (exact) mass is 261 g/mol. The van der Waals surface area contributed by atoms with Gasteiger partial charge in [-0.1, -0.05) is 11.6 Å². The third-order valence-electron chi connectivity index (χ3n) is 3.45. The lowest BCUT2D eigenvalue weighted by atomic mass is 10.1. The summed E-state index contributed by atoms with van der Waals surface area (Å²) in [5.74, 6) is 1.66. The quantitative estimate of drug-likeness (QED) is 0.892. The fraction of sp³-hybridized carbons (Fsp3) is 0.357. The first kappa shape index (κ1) is 11.8. The van der Waals surface area contributed by atoms with Crippen LogP contribution in [-0.4, -0.2) is 24.6 Å². The minimum absolute atomic E-state index is 0.703. The van der Waals surface area contributed by atoms with E-state index in [1.54, 1.807) is 0 Å². The Labute approximate surface area is 112 Å². The van der Waals surface area contributed by atoms with Gasteiger partial charge in [0, 0.05) is 23.2 Å². The first-order valence-corrected chi connectivity index (χ1v) is 6.69. The fourth-order valence-corrected chi connectivity index (χ4v) is 2.60. The zero-order chi connectivity index (χ0) is 12.4. The molecule has 0 saturated carbocycles. The molecule has 0 radical (unpaired) electrons. The largest absolute Gasteiger partial charge is 0.369 e. The molecule has 3 rings (SSSR count). The highest BCUT2D eigenvalue weighted by Gasteiger charge is 2.14. The minimum Gasteiger partial charge on any atom is -0.369 e. The van der Waals surface area contributed by atoms with Crippen LogP contribution in [0, 0.1) is 5.92 Å². The van der Waals surface area contributed by atoms with Gasteiger partial charge in [-0.15, -0.1) is 0 Å². The van der Waals surface area contributed by atoms with E-state index in [2.05, 4.69) is 15.6 Å². The predicted molar refractivity (Wildman–Crippen MR) is 76.2 cm³/mol. The summed E-state index contributed by atoms with van der Waals surface area (Å²) in [7, 11) is 0. The van der Waals surface area contributed by atoms with E-state index in [1.807, 2.05) is 30.5 Å². The highest BCUT2D eigenvalue weighted by molar-refractivity contribution is 6.31. The molecule has 0 amide bonds. The second kappa shape index (κ2) is 5.12. The average molecular weight is 262 g/mol. The van der Waals surface area contributed by atoms with Gasteiger partial charge in [0.05, 0.1) is 0 Å². The molecule has 94 valence electrons. The van der Waals surface area contributed by atoms with E-state index >= 15 is 0 Å². The fourth-order valence-electron chi connectivity index (χ4n) is 2.42. The predicted octanol–water partition coefficient (Wildman–Crippen LogP) is 2.91. The van der Waals surface area contributed by atoms with Gasteiger partial charge < -0.3 is 10.6 Å². The van der Waals surface area contributed by atoms with Crippen molar-refractivity contribution in [3.8, 4) is 0 Å². The number of hydrogen-bond donors (Lipinski definition) is 2. The van der Waals surface area contributed by atoms with E-state index in [-0.39, 0.29) is 0 Å². The van der Waals surface area contributed by atoms with Crippen molar-refractivity contribution in [1.82, 2.24) is 10.3 Å². The molecule has 1 aromatic heterocycles. The van der Waals surface area contributed by atoms with Crippen LogP contribution in [0.1, 0.15) is 6.42 Å². The normalized spacial score (nSPS) is 19.3. The van der Waals surface area contributed by atoms with E-state index in [9.17, 15) is 0 Å². The van der Waals surface area contributed by atoms with E-state index < -0.39 is 0 Å². The van der Waals surface area contributed by atoms with Gasteiger partial charge in [0.15, 0.2) is 0 Å². The van der Waals surface area contributed by atoms with E-state index in [0.29, 0.717) is 5.92 Å². The first-order valence-electron chi connectivity index (χ1n) is 6.32. The summed E-state index contributed by atoms with van der Waals surface area (Å²) in [6, 6.07) is 7.90. The number of aromatic nitrogens is 1. The minimum atomic E-state index is 0.703. The van der Waals surface area contributed by atoms with Crippen molar-refractivity contribution >= 4 is 28.2 Å². The lowest BCUT2D eigenvalue weighted by Crippen LogP contribution is -2.17. The maximum absolute atomic E-state index is 6.00. The molecule has 0 bridgehead atoms. The maximum atomic E-state index is 6.00. The molecule has 1 aliphatic rings. The van der Waals surface area contributed by atoms with Crippen molar-refractivity contribution < 1.29 is 0 Å². The van der Waals surface area contributed by atoms with Gasteiger partial charge in [0.2, 0.25) is 0 Å². The van der Waals surface area contributed by atoms with Crippen LogP contribution in [0.2, 0.25) is 5.02 Å². The SMILES string of the molecule is Clc1ccc2c(NCC3CCNC3)nccc2c1. The molecule has 1 atom stereocenters. The van der Waals surface area contributed by atoms with Crippen molar-refractivity contribution in [3.63, 3.8) is 0 Å². The lowest BCUT2D eigenvalue weighted by Gasteiger charge is -2.12. The van der Waals surface area contributed by atoms with Crippen LogP contribution in [0.3, 0.4) is 0 Å². The molecule has 1 saturated heterocycles. The van der Waals surface area contributed by atoms with Crippen molar-refractivity contribution in [2.45, 2.75) is 6.42 Å². The van der Waals surface area contributed by atoms with Crippen LogP contribution in [0.5, 0.6) is 0 Å². The number of hydrogen-bond acceptors (Lipinski definition) is 3. The molecule has 1 aromatic carbocycles. The molecule has 18 heavy (non-hydrogen) atoms. The van der Waals surface area contributed by atoms with Crippen LogP contribution >= 0.6 is 11.6 Å². The second-order valence-corrected chi connectivity index (χ2v) is 5.20. The maximum Gasteiger partial charge on any atom is 0.133 e. The highest BCUT2D eigenvalue weighted by atomic mass is 35.5. The number of benzene rings is 1.